The lowest BCUT2D eigenvalue weighted by molar-refractivity contribution is 0.198. The summed E-state index contributed by atoms with van der Waals surface area (Å²) in [5.74, 6) is -0.293. The van der Waals surface area contributed by atoms with E-state index in [1.807, 2.05) is 24.6 Å². The van der Waals surface area contributed by atoms with Gasteiger partial charge in [-0.2, -0.15) is 5.10 Å². The highest BCUT2D eigenvalue weighted by molar-refractivity contribution is 5.30. The highest BCUT2D eigenvalue weighted by atomic mass is 19.1. The minimum Gasteiger partial charge on any atom is -0.484 e. The summed E-state index contributed by atoms with van der Waals surface area (Å²) < 4.78 is 21.2. The highest BCUT2D eigenvalue weighted by Crippen LogP contribution is 2.23. The smallest absolute Gasteiger partial charge is 0.165 e. The van der Waals surface area contributed by atoms with Crippen LogP contribution in [0.15, 0.2) is 24.3 Å². The van der Waals surface area contributed by atoms with E-state index in [-0.39, 0.29) is 12.4 Å². The molecule has 4 nitrogen and oxygen atoms in total. The predicted molar refractivity (Wildman–Crippen MR) is 74.0 cm³/mol. The minimum atomic E-state index is -0.692. The molecular weight excluding hydrogens is 259 g/mol. The lowest BCUT2D eigenvalue weighted by atomic mass is 10.1. The Bertz CT molecular complexity index is 594. The van der Waals surface area contributed by atoms with Crippen molar-refractivity contribution in [2.45, 2.75) is 40.0 Å². The van der Waals surface area contributed by atoms with Gasteiger partial charge in [-0.05, 0) is 44.5 Å². The first-order chi connectivity index (χ1) is 9.51. The third kappa shape index (κ3) is 3.17. The van der Waals surface area contributed by atoms with E-state index >= 15 is 0 Å². The Morgan fingerprint density at radius 1 is 1.40 bits per heavy atom. The molecule has 0 amide bonds. The van der Waals surface area contributed by atoms with Crippen LogP contribution in [0.3, 0.4) is 0 Å². The summed E-state index contributed by atoms with van der Waals surface area (Å²) in [5, 5.41) is 13.7. The van der Waals surface area contributed by atoms with E-state index in [4.69, 9.17) is 4.74 Å². The topological polar surface area (TPSA) is 47.3 Å². The first kappa shape index (κ1) is 14.5. The average Bonchev–Trinajstić information content (AvgIpc) is 2.77. The van der Waals surface area contributed by atoms with E-state index in [1.54, 1.807) is 13.0 Å². The van der Waals surface area contributed by atoms with Crippen LogP contribution >= 0.6 is 0 Å². The molecule has 0 spiro atoms. The Balaban J connectivity index is 2.10. The molecule has 0 fully saturated rings. The molecule has 0 saturated carbocycles. The molecule has 108 valence electrons. The van der Waals surface area contributed by atoms with Crippen molar-refractivity contribution in [2.24, 2.45) is 0 Å². The molecule has 0 aliphatic rings. The lowest BCUT2D eigenvalue weighted by Crippen LogP contribution is -2.07. The van der Waals surface area contributed by atoms with E-state index in [0.29, 0.717) is 5.56 Å². The second-order valence-electron chi connectivity index (χ2n) is 4.75. The zero-order valence-electron chi connectivity index (χ0n) is 11.9. The van der Waals surface area contributed by atoms with Crippen LogP contribution in [0, 0.1) is 12.7 Å². The first-order valence-electron chi connectivity index (χ1n) is 6.65. The summed E-state index contributed by atoms with van der Waals surface area (Å²) in [6.45, 7) is 6.51. The van der Waals surface area contributed by atoms with Crippen molar-refractivity contribution < 1.29 is 14.2 Å². The number of halogens is 1. The van der Waals surface area contributed by atoms with Gasteiger partial charge in [0.05, 0.1) is 17.5 Å². The van der Waals surface area contributed by atoms with Crippen LogP contribution in [0.4, 0.5) is 4.39 Å². The zero-order valence-corrected chi connectivity index (χ0v) is 11.9. The van der Waals surface area contributed by atoms with Gasteiger partial charge in [0.2, 0.25) is 0 Å². The van der Waals surface area contributed by atoms with Gasteiger partial charge in [-0.3, -0.25) is 4.68 Å². The van der Waals surface area contributed by atoms with Crippen molar-refractivity contribution in [1.29, 1.82) is 0 Å². The Hall–Kier alpha value is -1.88. The molecule has 1 N–H and O–H groups in total. The number of hydrogen-bond donors (Lipinski definition) is 1. The molecule has 5 heteroatoms. The molecule has 0 bridgehead atoms. The second kappa shape index (κ2) is 6.05. The Morgan fingerprint density at radius 2 is 2.15 bits per heavy atom. The fraction of sp³-hybridized carbons (Fsp3) is 0.400. The van der Waals surface area contributed by atoms with Crippen molar-refractivity contribution in [2.75, 3.05) is 0 Å². The standard InChI is InChI=1S/C15H19FN2O2/c1-4-18-13(7-10(2)17-18)9-20-15-6-5-12(11(3)19)8-14(15)16/h5-8,11,19H,4,9H2,1-3H3/t11-/m0/s1. The van der Waals surface area contributed by atoms with Crippen LogP contribution < -0.4 is 4.74 Å². The molecule has 2 aromatic rings. The number of rotatable bonds is 5. The van der Waals surface area contributed by atoms with E-state index in [2.05, 4.69) is 5.10 Å². The molecule has 20 heavy (non-hydrogen) atoms. The van der Waals surface area contributed by atoms with Gasteiger partial charge in [-0.1, -0.05) is 6.07 Å². The molecule has 1 aromatic carbocycles. The minimum absolute atomic E-state index is 0.177. The molecule has 0 aliphatic heterocycles. The molecule has 0 unspecified atom stereocenters. The number of benzene rings is 1. The average molecular weight is 278 g/mol. The second-order valence-corrected chi connectivity index (χ2v) is 4.75. The maximum absolute atomic E-state index is 13.8. The molecule has 1 aromatic heterocycles. The largest absolute Gasteiger partial charge is 0.484 e. The third-order valence-corrected chi connectivity index (χ3v) is 3.10. The number of aryl methyl sites for hydroxylation is 2. The maximum Gasteiger partial charge on any atom is 0.165 e. The van der Waals surface area contributed by atoms with Gasteiger partial charge in [0.15, 0.2) is 11.6 Å². The number of nitrogens with zero attached hydrogens (tertiary/aromatic N) is 2. The monoisotopic (exact) mass is 278 g/mol. The number of aliphatic hydroxyl groups excluding tert-OH is 1. The van der Waals surface area contributed by atoms with Crippen molar-refractivity contribution in [1.82, 2.24) is 9.78 Å². The van der Waals surface area contributed by atoms with Crippen molar-refractivity contribution in [3.8, 4) is 5.75 Å². The number of aromatic nitrogens is 2. The van der Waals surface area contributed by atoms with Crippen molar-refractivity contribution in [3.05, 3.63) is 47.0 Å². The first-order valence-corrected chi connectivity index (χ1v) is 6.65. The fourth-order valence-electron chi connectivity index (χ4n) is 2.03. The summed E-state index contributed by atoms with van der Waals surface area (Å²) in [4.78, 5) is 0. The maximum atomic E-state index is 13.8. The molecule has 0 saturated heterocycles. The predicted octanol–water partition coefficient (Wildman–Crippen LogP) is 2.98. The lowest BCUT2D eigenvalue weighted by Gasteiger charge is -2.10. The van der Waals surface area contributed by atoms with Gasteiger partial charge >= 0.3 is 0 Å². The molecule has 1 heterocycles. The molecule has 2 rings (SSSR count). The van der Waals surface area contributed by atoms with E-state index < -0.39 is 11.9 Å². The molecule has 0 aliphatic carbocycles. The SMILES string of the molecule is CCn1nc(C)cc1COc1ccc([C@H](C)O)cc1F. The van der Waals surface area contributed by atoms with Crippen LogP contribution in [-0.2, 0) is 13.2 Å². The van der Waals surface area contributed by atoms with E-state index in [0.717, 1.165) is 17.9 Å². The van der Waals surface area contributed by atoms with E-state index in [1.165, 1.54) is 12.1 Å². The summed E-state index contributed by atoms with van der Waals surface area (Å²) in [6, 6.07) is 6.41. The molecule has 1 atom stereocenters. The van der Waals surface area contributed by atoms with Crippen LogP contribution in [0.25, 0.3) is 0 Å². The summed E-state index contributed by atoms with van der Waals surface area (Å²) in [6.07, 6.45) is -0.692. The van der Waals surface area contributed by atoms with Crippen LogP contribution in [-0.4, -0.2) is 14.9 Å². The summed E-state index contributed by atoms with van der Waals surface area (Å²) in [5.41, 5.74) is 2.35. The quantitative estimate of drug-likeness (QED) is 0.914. The summed E-state index contributed by atoms with van der Waals surface area (Å²) >= 11 is 0. The van der Waals surface area contributed by atoms with Gasteiger partial charge in [0.1, 0.15) is 6.61 Å². The van der Waals surface area contributed by atoms with Gasteiger partial charge in [-0.25, -0.2) is 4.39 Å². The van der Waals surface area contributed by atoms with Gasteiger partial charge in [-0.15, -0.1) is 0 Å². The van der Waals surface area contributed by atoms with Gasteiger partial charge in [0, 0.05) is 6.54 Å². The number of ether oxygens (including phenoxy) is 1. The molecule has 0 radical (unpaired) electrons. The zero-order chi connectivity index (χ0) is 14.7. The van der Waals surface area contributed by atoms with Gasteiger partial charge < -0.3 is 9.84 Å². The summed E-state index contributed by atoms with van der Waals surface area (Å²) in [7, 11) is 0. The van der Waals surface area contributed by atoms with Crippen LogP contribution in [0.2, 0.25) is 0 Å². The van der Waals surface area contributed by atoms with Gasteiger partial charge in [0.25, 0.3) is 0 Å². The Morgan fingerprint density at radius 3 is 2.75 bits per heavy atom. The Kier molecular flexibility index (Phi) is 4.39. The normalized spacial score (nSPS) is 12.4. The van der Waals surface area contributed by atoms with Crippen LogP contribution in [0.5, 0.6) is 5.75 Å². The number of hydrogen-bond acceptors (Lipinski definition) is 3. The number of aliphatic hydroxyl groups is 1. The van der Waals surface area contributed by atoms with Crippen molar-refractivity contribution >= 4 is 0 Å². The fourth-order valence-corrected chi connectivity index (χ4v) is 2.03. The van der Waals surface area contributed by atoms with E-state index in [9.17, 15) is 9.50 Å². The molecular formula is C15H19FN2O2. The highest BCUT2D eigenvalue weighted by Gasteiger charge is 2.10. The third-order valence-electron chi connectivity index (χ3n) is 3.10. The Labute approximate surface area is 117 Å². The van der Waals surface area contributed by atoms with Crippen LogP contribution in [0.1, 0.15) is 36.9 Å². The van der Waals surface area contributed by atoms with Crippen molar-refractivity contribution in [3.63, 3.8) is 0 Å².